The smallest absolute Gasteiger partial charge is 0.338 e. The average Bonchev–Trinajstić information content (AvgIpc) is 2.75. The molecule has 0 N–H and O–H groups in total. The molecule has 0 amide bonds. The van der Waals surface area contributed by atoms with Crippen LogP contribution >= 0.6 is 0 Å². The summed E-state index contributed by atoms with van der Waals surface area (Å²) in [7, 11) is 0. The molecule has 0 aromatic heterocycles. The fourth-order valence-electron chi connectivity index (χ4n) is 4.45. The number of benzene rings is 2. The first-order valence-electron chi connectivity index (χ1n) is 10.6. The van der Waals surface area contributed by atoms with Gasteiger partial charge in [-0.1, -0.05) is 55.7 Å². The molecule has 2 unspecified atom stereocenters. The number of rotatable bonds is 7. The van der Waals surface area contributed by atoms with E-state index in [9.17, 15) is 9.59 Å². The van der Waals surface area contributed by atoms with Gasteiger partial charge in [0, 0.05) is 5.92 Å². The molecule has 0 aliphatic heterocycles. The Morgan fingerprint density at radius 3 is 1.55 bits per heavy atom. The normalized spacial score (nSPS) is 17.7. The van der Waals surface area contributed by atoms with Gasteiger partial charge < -0.3 is 9.47 Å². The summed E-state index contributed by atoms with van der Waals surface area (Å²) < 4.78 is 11.7. The number of carbonyl (C=O) groups excluding carboxylic acids is 2. The van der Waals surface area contributed by atoms with Crippen molar-refractivity contribution < 1.29 is 19.1 Å². The summed E-state index contributed by atoms with van der Waals surface area (Å²) in [5.74, 6) is -0.322. The molecule has 4 heteroatoms. The highest BCUT2D eigenvalue weighted by Gasteiger charge is 2.36. The van der Waals surface area contributed by atoms with E-state index in [1.54, 1.807) is 24.3 Å². The molecule has 0 radical (unpaired) electrons. The van der Waals surface area contributed by atoms with E-state index < -0.39 is 0 Å². The van der Waals surface area contributed by atoms with Crippen LogP contribution in [-0.4, -0.2) is 24.1 Å². The van der Waals surface area contributed by atoms with Crippen LogP contribution in [-0.2, 0) is 9.47 Å². The maximum absolute atomic E-state index is 12.6. The Balaban J connectivity index is 1.72. The minimum atomic E-state index is -0.343. The maximum Gasteiger partial charge on any atom is 0.338 e. The first-order chi connectivity index (χ1) is 14.1. The van der Waals surface area contributed by atoms with Crippen molar-refractivity contribution in [2.45, 2.75) is 58.2 Å². The number of hydrogen-bond acceptors (Lipinski definition) is 4. The molecular formula is C25H30O4. The Bertz CT molecular complexity index is 721. The SMILES string of the molecule is CC(OC(=O)c1ccccc1)C(C1CCCCC1)C(C)OC(=O)c1ccccc1. The minimum absolute atomic E-state index is 0.0318. The highest BCUT2D eigenvalue weighted by molar-refractivity contribution is 5.90. The molecule has 1 fully saturated rings. The first-order valence-corrected chi connectivity index (χ1v) is 10.6. The Kier molecular flexibility index (Phi) is 7.45. The van der Waals surface area contributed by atoms with Gasteiger partial charge in [0.05, 0.1) is 11.1 Å². The molecule has 1 aliphatic carbocycles. The van der Waals surface area contributed by atoms with Crippen molar-refractivity contribution in [1.82, 2.24) is 0 Å². The van der Waals surface area contributed by atoms with Crippen molar-refractivity contribution >= 4 is 11.9 Å². The number of esters is 2. The van der Waals surface area contributed by atoms with Gasteiger partial charge >= 0.3 is 11.9 Å². The van der Waals surface area contributed by atoms with Crippen molar-refractivity contribution in [2.75, 3.05) is 0 Å². The van der Waals surface area contributed by atoms with Gasteiger partial charge in [-0.3, -0.25) is 0 Å². The lowest BCUT2D eigenvalue weighted by Gasteiger charge is -2.37. The lowest BCUT2D eigenvalue weighted by atomic mass is 9.75. The van der Waals surface area contributed by atoms with Crippen LogP contribution in [0.2, 0.25) is 0 Å². The standard InChI is InChI=1S/C25H30O4/c1-18(28-24(26)21-14-8-4-9-15-21)23(20-12-6-3-7-13-20)19(2)29-25(27)22-16-10-5-11-17-22/h4-5,8-11,14-20,23H,3,6-7,12-13H2,1-2H3. The third kappa shape index (κ3) is 5.69. The zero-order chi connectivity index (χ0) is 20.6. The van der Waals surface area contributed by atoms with E-state index in [4.69, 9.17) is 9.47 Å². The number of carbonyl (C=O) groups is 2. The van der Waals surface area contributed by atoms with Crippen LogP contribution in [0, 0.1) is 11.8 Å². The fraction of sp³-hybridized carbons (Fsp3) is 0.440. The molecule has 2 aromatic carbocycles. The summed E-state index contributed by atoms with van der Waals surface area (Å²) in [6.07, 6.45) is 5.03. The Hall–Kier alpha value is -2.62. The van der Waals surface area contributed by atoms with E-state index in [-0.39, 0.29) is 30.1 Å². The molecule has 1 saturated carbocycles. The van der Waals surface area contributed by atoms with E-state index in [1.165, 1.54) is 19.3 Å². The molecule has 2 aromatic rings. The largest absolute Gasteiger partial charge is 0.459 e. The summed E-state index contributed by atoms with van der Waals surface area (Å²) >= 11 is 0. The zero-order valence-electron chi connectivity index (χ0n) is 17.3. The van der Waals surface area contributed by atoms with Gasteiger partial charge in [0.15, 0.2) is 0 Å². The molecule has 4 nitrogen and oxygen atoms in total. The van der Waals surface area contributed by atoms with Gasteiger partial charge in [0.2, 0.25) is 0 Å². The van der Waals surface area contributed by atoms with E-state index in [0.717, 1.165) is 12.8 Å². The van der Waals surface area contributed by atoms with E-state index in [0.29, 0.717) is 17.0 Å². The summed E-state index contributed by atoms with van der Waals surface area (Å²) in [6.45, 7) is 3.85. The van der Waals surface area contributed by atoms with Crippen LogP contribution in [0.4, 0.5) is 0 Å². The Labute approximate surface area is 173 Å². The van der Waals surface area contributed by atoms with Crippen molar-refractivity contribution in [3.8, 4) is 0 Å². The van der Waals surface area contributed by atoms with E-state index >= 15 is 0 Å². The molecule has 3 rings (SSSR count). The molecule has 0 heterocycles. The maximum atomic E-state index is 12.6. The summed E-state index contributed by atoms with van der Waals surface area (Å²) in [6, 6.07) is 18.1. The number of ether oxygens (including phenoxy) is 2. The van der Waals surface area contributed by atoms with Gasteiger partial charge in [-0.15, -0.1) is 0 Å². The first kappa shape index (κ1) is 21.1. The van der Waals surface area contributed by atoms with Gasteiger partial charge in [0.1, 0.15) is 12.2 Å². The van der Waals surface area contributed by atoms with E-state index in [1.807, 2.05) is 50.2 Å². The Morgan fingerprint density at radius 2 is 1.14 bits per heavy atom. The van der Waals surface area contributed by atoms with Crippen LogP contribution in [0.25, 0.3) is 0 Å². The van der Waals surface area contributed by atoms with Gasteiger partial charge in [-0.2, -0.15) is 0 Å². The lowest BCUT2D eigenvalue weighted by Crippen LogP contribution is -2.40. The lowest BCUT2D eigenvalue weighted by molar-refractivity contribution is -0.0450. The summed E-state index contributed by atoms with van der Waals surface area (Å²) in [5, 5.41) is 0. The highest BCUT2D eigenvalue weighted by Crippen LogP contribution is 2.36. The van der Waals surface area contributed by atoms with Crippen LogP contribution in [0.3, 0.4) is 0 Å². The van der Waals surface area contributed by atoms with Gasteiger partial charge in [0.25, 0.3) is 0 Å². The van der Waals surface area contributed by atoms with Crippen molar-refractivity contribution in [3.05, 3.63) is 71.8 Å². The molecule has 154 valence electrons. The predicted octanol–water partition coefficient (Wildman–Crippen LogP) is 5.67. The van der Waals surface area contributed by atoms with Crippen molar-refractivity contribution in [1.29, 1.82) is 0 Å². The van der Waals surface area contributed by atoms with Crippen LogP contribution in [0.15, 0.2) is 60.7 Å². The van der Waals surface area contributed by atoms with Crippen molar-refractivity contribution in [2.24, 2.45) is 11.8 Å². The monoisotopic (exact) mass is 394 g/mol. The summed E-state index contributed by atoms with van der Waals surface area (Å²) in [4.78, 5) is 25.2. The molecule has 29 heavy (non-hydrogen) atoms. The second-order valence-electron chi connectivity index (χ2n) is 7.93. The minimum Gasteiger partial charge on any atom is -0.459 e. The molecule has 0 spiro atoms. The topological polar surface area (TPSA) is 52.6 Å². The second kappa shape index (κ2) is 10.2. The van der Waals surface area contributed by atoms with Crippen LogP contribution < -0.4 is 0 Å². The highest BCUT2D eigenvalue weighted by atomic mass is 16.6. The molecule has 0 bridgehead atoms. The molecule has 2 atom stereocenters. The third-order valence-electron chi connectivity index (χ3n) is 5.88. The Morgan fingerprint density at radius 1 is 0.724 bits per heavy atom. The molecular weight excluding hydrogens is 364 g/mol. The van der Waals surface area contributed by atoms with Gasteiger partial charge in [-0.25, -0.2) is 9.59 Å². The van der Waals surface area contributed by atoms with Crippen molar-refractivity contribution in [3.63, 3.8) is 0 Å². The summed E-state index contributed by atoms with van der Waals surface area (Å²) in [5.41, 5.74) is 1.08. The van der Waals surface area contributed by atoms with Crippen LogP contribution in [0.1, 0.15) is 66.7 Å². The predicted molar refractivity (Wildman–Crippen MR) is 113 cm³/mol. The van der Waals surface area contributed by atoms with Gasteiger partial charge in [-0.05, 0) is 56.9 Å². The number of hydrogen-bond donors (Lipinski definition) is 0. The van der Waals surface area contributed by atoms with Crippen LogP contribution in [0.5, 0.6) is 0 Å². The fourth-order valence-corrected chi connectivity index (χ4v) is 4.45. The zero-order valence-corrected chi connectivity index (χ0v) is 17.3. The van der Waals surface area contributed by atoms with E-state index in [2.05, 4.69) is 0 Å². The quantitative estimate of drug-likeness (QED) is 0.568. The second-order valence-corrected chi connectivity index (χ2v) is 7.93. The molecule has 1 aliphatic rings. The molecule has 0 saturated heterocycles. The third-order valence-corrected chi connectivity index (χ3v) is 5.88. The average molecular weight is 395 g/mol.